The largest absolute Gasteiger partial charge is 0.497 e. The van der Waals surface area contributed by atoms with Crippen LogP contribution in [0.5, 0.6) is 0 Å². The third-order valence-electron chi connectivity index (χ3n) is 2.71. The molecular formula is C10H21N3O3Si. The topological polar surface area (TPSA) is 79.4 Å². The number of rotatable bonds is 8. The van der Waals surface area contributed by atoms with Crippen molar-refractivity contribution in [3.8, 4) is 0 Å². The van der Waals surface area contributed by atoms with Crippen LogP contribution in [0.15, 0.2) is 6.33 Å². The van der Waals surface area contributed by atoms with Crippen molar-refractivity contribution in [2.24, 2.45) is 0 Å². The number of hydrogen-bond acceptors (Lipinski definition) is 5. The van der Waals surface area contributed by atoms with Crippen LogP contribution in [0.2, 0.25) is 6.04 Å². The summed E-state index contributed by atoms with van der Waals surface area (Å²) in [6, 6.07) is 0.562. The van der Waals surface area contributed by atoms with E-state index in [4.69, 9.17) is 8.85 Å². The summed E-state index contributed by atoms with van der Waals surface area (Å²) in [5, 5.41) is 3.27. The van der Waals surface area contributed by atoms with Gasteiger partial charge in [0.2, 0.25) is 0 Å². The van der Waals surface area contributed by atoms with E-state index < -0.39 is 8.80 Å². The summed E-state index contributed by atoms with van der Waals surface area (Å²) in [6.45, 7) is 3.52. The number of nitrogens with one attached hydrogen (secondary N) is 2. The summed E-state index contributed by atoms with van der Waals surface area (Å²) in [5.41, 5.74) is 2.10. The Morgan fingerprint density at radius 3 is 2.71 bits per heavy atom. The molecule has 0 aromatic carbocycles. The van der Waals surface area contributed by atoms with E-state index in [-0.39, 0.29) is 0 Å². The molecule has 0 radical (unpaired) electrons. The van der Waals surface area contributed by atoms with Gasteiger partial charge in [-0.3, -0.25) is 0 Å². The van der Waals surface area contributed by atoms with Crippen LogP contribution in [0, 0.1) is 6.92 Å². The van der Waals surface area contributed by atoms with Crippen molar-refractivity contribution in [1.29, 1.82) is 0 Å². The monoisotopic (exact) mass is 259 g/mol. The van der Waals surface area contributed by atoms with Gasteiger partial charge in [0.15, 0.2) is 0 Å². The van der Waals surface area contributed by atoms with Crippen LogP contribution < -0.4 is 5.32 Å². The van der Waals surface area contributed by atoms with Gasteiger partial charge in [-0.05, 0) is 19.9 Å². The number of aromatic amines is 1. The molecule has 0 atom stereocenters. The molecule has 0 aliphatic carbocycles. The van der Waals surface area contributed by atoms with Crippen molar-refractivity contribution in [2.45, 2.75) is 25.9 Å². The second kappa shape index (κ2) is 6.87. The zero-order valence-corrected chi connectivity index (χ0v) is 11.6. The van der Waals surface area contributed by atoms with Crippen LogP contribution in [0.3, 0.4) is 0 Å². The SMILES string of the molecule is CO[Si](O)(CCCNCc1nc[nH]c1C)OC. The Labute approximate surface area is 103 Å². The molecule has 0 amide bonds. The van der Waals surface area contributed by atoms with E-state index in [2.05, 4.69) is 15.3 Å². The number of aryl methyl sites for hydroxylation is 1. The first kappa shape index (κ1) is 14.3. The molecule has 0 saturated carbocycles. The Hall–Kier alpha value is -0.733. The number of hydrogen-bond donors (Lipinski definition) is 3. The van der Waals surface area contributed by atoms with Crippen molar-refractivity contribution < 1.29 is 13.6 Å². The van der Waals surface area contributed by atoms with Crippen molar-refractivity contribution in [1.82, 2.24) is 15.3 Å². The van der Waals surface area contributed by atoms with Crippen LogP contribution in [-0.2, 0) is 15.4 Å². The van der Waals surface area contributed by atoms with E-state index >= 15 is 0 Å². The second-order valence-corrected chi connectivity index (χ2v) is 6.62. The minimum Gasteiger partial charge on any atom is -0.390 e. The fraction of sp³-hybridized carbons (Fsp3) is 0.700. The van der Waals surface area contributed by atoms with E-state index in [1.165, 1.54) is 14.2 Å². The van der Waals surface area contributed by atoms with Gasteiger partial charge in [-0.15, -0.1) is 0 Å². The molecular weight excluding hydrogens is 238 g/mol. The maximum atomic E-state index is 9.81. The van der Waals surface area contributed by atoms with Crippen LogP contribution in [0.1, 0.15) is 17.8 Å². The lowest BCUT2D eigenvalue weighted by Gasteiger charge is -2.19. The lowest BCUT2D eigenvalue weighted by atomic mass is 10.3. The first-order valence-electron chi connectivity index (χ1n) is 5.63. The molecule has 0 aliphatic heterocycles. The van der Waals surface area contributed by atoms with E-state index in [1.54, 1.807) is 6.33 Å². The molecule has 0 unspecified atom stereocenters. The molecule has 0 fully saturated rings. The third kappa shape index (κ3) is 4.56. The van der Waals surface area contributed by atoms with Gasteiger partial charge < -0.3 is 23.9 Å². The molecule has 6 nitrogen and oxygen atoms in total. The smallest absolute Gasteiger partial charge is 0.390 e. The summed E-state index contributed by atoms with van der Waals surface area (Å²) in [6.07, 6.45) is 2.50. The molecule has 0 saturated heterocycles. The number of nitrogens with zero attached hydrogens (tertiary/aromatic N) is 1. The quantitative estimate of drug-likeness (QED) is 0.466. The van der Waals surface area contributed by atoms with Gasteiger partial charge in [-0.25, -0.2) is 4.98 Å². The van der Waals surface area contributed by atoms with Gasteiger partial charge in [0.1, 0.15) is 0 Å². The molecule has 7 heteroatoms. The molecule has 98 valence electrons. The summed E-state index contributed by atoms with van der Waals surface area (Å²) in [5.74, 6) is 0. The van der Waals surface area contributed by atoms with Crippen LogP contribution >= 0.6 is 0 Å². The summed E-state index contributed by atoms with van der Waals surface area (Å²) < 4.78 is 9.97. The highest BCUT2D eigenvalue weighted by Crippen LogP contribution is 2.09. The number of imidazole rings is 1. The van der Waals surface area contributed by atoms with Crippen molar-refractivity contribution in [3.63, 3.8) is 0 Å². The average molecular weight is 259 g/mol. The Kier molecular flexibility index (Phi) is 5.79. The minimum atomic E-state index is -2.89. The Morgan fingerprint density at radius 1 is 1.47 bits per heavy atom. The number of aromatic nitrogens is 2. The van der Waals surface area contributed by atoms with Gasteiger partial charge in [0.05, 0.1) is 12.0 Å². The maximum Gasteiger partial charge on any atom is 0.497 e. The summed E-state index contributed by atoms with van der Waals surface area (Å²) in [7, 11) is 0.0785. The Bertz CT molecular complexity index is 328. The van der Waals surface area contributed by atoms with Crippen LogP contribution in [0.25, 0.3) is 0 Å². The minimum absolute atomic E-state index is 0.562. The predicted molar refractivity (Wildman–Crippen MR) is 66.4 cm³/mol. The zero-order chi connectivity index (χ0) is 12.7. The highest BCUT2D eigenvalue weighted by Gasteiger charge is 2.33. The predicted octanol–water partition coefficient (Wildman–Crippen LogP) is 0.422. The standard InChI is InChI=1S/C10H21N3O3Si/c1-9-10(13-8-12-9)7-11-5-4-6-17(14,15-2)16-3/h8,11,14H,4-7H2,1-3H3,(H,12,13). The highest BCUT2D eigenvalue weighted by atomic mass is 28.4. The van der Waals surface area contributed by atoms with E-state index in [0.29, 0.717) is 6.04 Å². The Balaban J connectivity index is 2.15. The Morgan fingerprint density at radius 2 is 2.18 bits per heavy atom. The summed E-state index contributed by atoms with van der Waals surface area (Å²) in [4.78, 5) is 17.0. The van der Waals surface area contributed by atoms with Crippen molar-refractivity contribution >= 4 is 8.80 Å². The van der Waals surface area contributed by atoms with Gasteiger partial charge in [0.25, 0.3) is 0 Å². The van der Waals surface area contributed by atoms with E-state index in [0.717, 1.165) is 30.9 Å². The molecule has 0 bridgehead atoms. The third-order valence-corrected chi connectivity index (χ3v) is 4.97. The van der Waals surface area contributed by atoms with Crippen molar-refractivity contribution in [3.05, 3.63) is 17.7 Å². The molecule has 0 spiro atoms. The molecule has 1 aromatic rings. The lowest BCUT2D eigenvalue weighted by molar-refractivity contribution is 0.150. The van der Waals surface area contributed by atoms with Crippen molar-refractivity contribution in [2.75, 3.05) is 20.8 Å². The highest BCUT2D eigenvalue weighted by molar-refractivity contribution is 6.59. The molecule has 1 aromatic heterocycles. The zero-order valence-electron chi connectivity index (χ0n) is 10.6. The normalized spacial score (nSPS) is 12.0. The number of H-pyrrole nitrogens is 1. The van der Waals surface area contributed by atoms with Gasteiger partial charge in [-0.2, -0.15) is 0 Å². The molecule has 0 aliphatic rings. The molecule has 3 N–H and O–H groups in total. The molecule has 17 heavy (non-hydrogen) atoms. The second-order valence-electron chi connectivity index (χ2n) is 3.88. The first-order chi connectivity index (χ1) is 8.11. The summed E-state index contributed by atoms with van der Waals surface area (Å²) >= 11 is 0. The fourth-order valence-electron chi connectivity index (χ4n) is 1.50. The molecule has 1 heterocycles. The lowest BCUT2D eigenvalue weighted by Crippen LogP contribution is -2.40. The first-order valence-corrected chi connectivity index (χ1v) is 7.60. The fourth-order valence-corrected chi connectivity index (χ4v) is 2.69. The van der Waals surface area contributed by atoms with Crippen LogP contribution in [0.4, 0.5) is 0 Å². The maximum absolute atomic E-state index is 9.81. The van der Waals surface area contributed by atoms with Gasteiger partial charge in [-0.1, -0.05) is 0 Å². The average Bonchev–Trinajstić information content (AvgIpc) is 2.74. The molecule has 1 rings (SSSR count). The van der Waals surface area contributed by atoms with E-state index in [1.807, 2.05) is 6.92 Å². The van der Waals surface area contributed by atoms with Crippen LogP contribution in [-0.4, -0.2) is 44.3 Å². The van der Waals surface area contributed by atoms with Gasteiger partial charge >= 0.3 is 8.80 Å². The van der Waals surface area contributed by atoms with E-state index in [9.17, 15) is 4.80 Å². The van der Waals surface area contributed by atoms with Gasteiger partial charge in [0, 0.05) is 32.5 Å².